The second kappa shape index (κ2) is 6.08. The first kappa shape index (κ1) is 16.9. The Bertz CT molecular complexity index is 614. The third-order valence-electron chi connectivity index (χ3n) is 1.74. The molecule has 1 atom stereocenters. The summed E-state index contributed by atoms with van der Waals surface area (Å²) in [7, 11) is -8.39. The number of benzene rings is 1. The Morgan fingerprint density at radius 2 is 1.90 bits per heavy atom. The maximum absolute atomic E-state index is 13.4. The second-order valence-corrected chi connectivity index (χ2v) is 5.85. The number of hydrogen-bond donors (Lipinski definition) is 1. The molecule has 0 saturated heterocycles. The summed E-state index contributed by atoms with van der Waals surface area (Å²) in [5.74, 6) is -2.89. The Labute approximate surface area is 110 Å². The van der Waals surface area contributed by atoms with Crippen molar-refractivity contribution in [1.82, 2.24) is 0 Å². The maximum Gasteiger partial charge on any atom is 0.573 e. The topological polar surface area (TPSA) is 89.9 Å². The van der Waals surface area contributed by atoms with Gasteiger partial charge in [-0.05, 0) is 12.1 Å². The fourth-order valence-corrected chi connectivity index (χ4v) is 2.93. The number of ether oxygens (including phenoxy) is 1. The maximum atomic E-state index is 13.4. The van der Waals surface area contributed by atoms with Crippen LogP contribution in [-0.2, 0) is 18.9 Å². The van der Waals surface area contributed by atoms with Gasteiger partial charge in [-0.25, -0.2) is 4.39 Å². The van der Waals surface area contributed by atoms with Gasteiger partial charge in [-0.1, -0.05) is 6.07 Å². The van der Waals surface area contributed by atoms with Crippen LogP contribution in [0.5, 0.6) is 5.75 Å². The summed E-state index contributed by atoms with van der Waals surface area (Å²) in [5.41, 5.74) is 0. The molecule has 0 aromatic heterocycles. The highest BCUT2D eigenvalue weighted by Gasteiger charge is 2.35. The normalized spacial score (nSPS) is 14.1. The third kappa shape index (κ3) is 4.75. The summed E-state index contributed by atoms with van der Waals surface area (Å²) in [6.45, 7) is 0. The molecule has 12 heteroatoms. The first-order chi connectivity index (χ1) is 9.03. The molecule has 1 N–H and O–H groups in total. The number of alkyl halides is 3. The zero-order valence-electron chi connectivity index (χ0n) is 9.35. The first-order valence-electron chi connectivity index (χ1n) is 4.68. The van der Waals surface area contributed by atoms with Crippen molar-refractivity contribution in [3.63, 3.8) is 0 Å². The van der Waals surface area contributed by atoms with Crippen LogP contribution < -0.4 is 4.74 Å². The Morgan fingerprint density at radius 3 is 2.40 bits per heavy atom. The van der Waals surface area contributed by atoms with Crippen LogP contribution in [0.3, 0.4) is 0 Å². The average molecular weight is 338 g/mol. The second-order valence-electron chi connectivity index (χ2n) is 3.22. The summed E-state index contributed by atoms with van der Waals surface area (Å²) in [5, 5.41) is 0. The fourth-order valence-electron chi connectivity index (χ4n) is 1.12. The van der Waals surface area contributed by atoms with E-state index in [-0.39, 0.29) is 0 Å². The van der Waals surface area contributed by atoms with Gasteiger partial charge in [0.15, 0.2) is 10.6 Å². The van der Waals surface area contributed by atoms with Gasteiger partial charge in [0.05, 0.1) is 0 Å². The molecule has 0 bridgehead atoms. The van der Waals surface area contributed by atoms with Crippen molar-refractivity contribution in [3.05, 3.63) is 24.0 Å². The van der Waals surface area contributed by atoms with E-state index in [4.69, 9.17) is 4.89 Å². The molecule has 0 saturated carbocycles. The molecule has 0 amide bonds. The quantitative estimate of drug-likeness (QED) is 0.501. The minimum absolute atomic E-state index is 0.564. The Balaban J connectivity index is 3.25. The van der Waals surface area contributed by atoms with Gasteiger partial charge in [-0.2, -0.15) is 8.42 Å². The predicted molar refractivity (Wildman–Crippen MR) is 57.4 cm³/mol. The molecule has 0 aliphatic carbocycles. The smallest absolute Gasteiger partial charge is 0.404 e. The zero-order chi connectivity index (χ0) is 15.6. The molecule has 0 heterocycles. The van der Waals surface area contributed by atoms with Gasteiger partial charge >= 0.3 is 16.5 Å². The molecule has 1 rings (SSSR count). The molecule has 20 heavy (non-hydrogen) atoms. The van der Waals surface area contributed by atoms with Crippen LogP contribution in [-0.4, -0.2) is 26.0 Å². The highest BCUT2D eigenvalue weighted by molar-refractivity contribution is 7.87. The van der Waals surface area contributed by atoms with E-state index in [0.717, 1.165) is 6.07 Å². The van der Waals surface area contributed by atoms with Gasteiger partial charge in [-0.15, -0.1) is 13.2 Å². The molecule has 0 fully saturated rings. The van der Waals surface area contributed by atoms with E-state index in [1.54, 1.807) is 0 Å². The lowest BCUT2D eigenvalue weighted by Crippen LogP contribution is -2.20. The number of hydrogen-bond acceptors (Lipinski definition) is 5. The zero-order valence-corrected chi connectivity index (χ0v) is 11.2. The van der Waals surface area contributed by atoms with E-state index in [2.05, 4.69) is 8.92 Å². The van der Waals surface area contributed by atoms with Crippen molar-refractivity contribution in [3.8, 4) is 5.75 Å². The van der Waals surface area contributed by atoms with E-state index < -0.39 is 47.3 Å². The standard InChI is InChI=1S/C8H7F4O6PS/c9-5-2-1-3-6(18-8(10,11)12)7(5)20(15,16)17-4-19(13)14/h1-3,19H,4H2,(H,13,14). The van der Waals surface area contributed by atoms with Crippen LogP contribution >= 0.6 is 8.03 Å². The Morgan fingerprint density at radius 1 is 1.30 bits per heavy atom. The van der Waals surface area contributed by atoms with Gasteiger partial charge in [0.2, 0.25) is 8.03 Å². The number of rotatable bonds is 5. The van der Waals surface area contributed by atoms with E-state index in [1.807, 2.05) is 0 Å². The molecule has 0 aliphatic rings. The van der Waals surface area contributed by atoms with Crippen LogP contribution in [0.2, 0.25) is 0 Å². The van der Waals surface area contributed by atoms with Gasteiger partial charge in [0.25, 0.3) is 0 Å². The summed E-state index contributed by atoms with van der Waals surface area (Å²) < 4.78 is 90.4. The lowest BCUT2D eigenvalue weighted by atomic mass is 10.3. The van der Waals surface area contributed by atoms with Crippen LogP contribution in [0, 0.1) is 5.82 Å². The van der Waals surface area contributed by atoms with Gasteiger partial charge in [0.1, 0.15) is 12.2 Å². The minimum atomic E-state index is -5.25. The molecule has 1 unspecified atom stereocenters. The van der Waals surface area contributed by atoms with E-state index in [1.165, 1.54) is 0 Å². The highest BCUT2D eigenvalue weighted by Crippen LogP contribution is 2.33. The van der Waals surface area contributed by atoms with Gasteiger partial charge < -0.3 is 9.63 Å². The summed E-state index contributed by atoms with van der Waals surface area (Å²) in [4.78, 5) is 6.94. The van der Waals surface area contributed by atoms with Crippen LogP contribution in [0.1, 0.15) is 0 Å². The molecule has 1 aromatic rings. The van der Waals surface area contributed by atoms with Crippen molar-refractivity contribution >= 4 is 18.1 Å². The van der Waals surface area contributed by atoms with E-state index in [9.17, 15) is 30.5 Å². The fraction of sp³-hybridized carbons (Fsp3) is 0.250. The van der Waals surface area contributed by atoms with E-state index >= 15 is 0 Å². The molecule has 0 aliphatic heterocycles. The Hall–Kier alpha value is -1.16. The van der Waals surface area contributed by atoms with Crippen LogP contribution in [0.25, 0.3) is 0 Å². The minimum Gasteiger partial charge on any atom is -0.404 e. The van der Waals surface area contributed by atoms with Crippen molar-refractivity contribution in [2.24, 2.45) is 0 Å². The largest absolute Gasteiger partial charge is 0.573 e. The van der Waals surface area contributed by atoms with Crippen molar-refractivity contribution in [1.29, 1.82) is 0 Å². The van der Waals surface area contributed by atoms with Crippen LogP contribution in [0.4, 0.5) is 17.6 Å². The molecule has 0 radical (unpaired) electrons. The summed E-state index contributed by atoms with van der Waals surface area (Å²) >= 11 is 0. The molecule has 114 valence electrons. The van der Waals surface area contributed by atoms with Crippen LogP contribution in [0.15, 0.2) is 23.1 Å². The lowest BCUT2D eigenvalue weighted by Gasteiger charge is -2.13. The molecule has 0 spiro atoms. The van der Waals surface area contributed by atoms with Gasteiger partial charge in [-0.3, -0.25) is 8.75 Å². The molecular formula is C8H7F4O6PS. The molecule has 1 aromatic carbocycles. The highest BCUT2D eigenvalue weighted by atomic mass is 32.2. The monoisotopic (exact) mass is 338 g/mol. The lowest BCUT2D eigenvalue weighted by molar-refractivity contribution is -0.275. The summed E-state index contributed by atoms with van der Waals surface area (Å²) in [6, 6.07) is 1.93. The van der Waals surface area contributed by atoms with Crippen molar-refractivity contribution < 1.29 is 44.4 Å². The predicted octanol–water partition coefficient (Wildman–Crippen LogP) is 1.85. The summed E-state index contributed by atoms with van der Waals surface area (Å²) in [6.07, 6.45) is -6.44. The molecule has 6 nitrogen and oxygen atoms in total. The van der Waals surface area contributed by atoms with Crippen molar-refractivity contribution in [2.75, 3.05) is 6.35 Å². The SMILES string of the molecule is O=[PH](O)COS(=O)(=O)c1c(F)cccc1OC(F)(F)F. The van der Waals surface area contributed by atoms with E-state index in [0.29, 0.717) is 12.1 Å². The Kier molecular flexibility index (Phi) is 5.14. The molecular weight excluding hydrogens is 331 g/mol. The first-order valence-corrected chi connectivity index (χ1v) is 7.65. The van der Waals surface area contributed by atoms with Gasteiger partial charge in [0, 0.05) is 0 Å². The third-order valence-corrected chi connectivity index (χ3v) is 3.67. The average Bonchev–Trinajstić information content (AvgIpc) is 2.24. The number of halogens is 4. The van der Waals surface area contributed by atoms with Crippen molar-refractivity contribution in [2.45, 2.75) is 11.3 Å².